The molecule has 0 spiro atoms. The van der Waals surface area contributed by atoms with Crippen LogP contribution < -0.4 is 14.5 Å². The SMILES string of the molecule is CCOc1ccc2nc(N(CCN(C)C)C(=O)c3ccc(N4C(=O)CCC4=O)cc3)sc2c1. The van der Waals surface area contributed by atoms with Gasteiger partial charge < -0.3 is 9.64 Å². The number of amides is 3. The number of fused-ring (bicyclic) bond motifs is 1. The zero-order valence-electron chi connectivity index (χ0n) is 18.9. The number of imide groups is 1. The molecule has 0 atom stereocenters. The Labute approximate surface area is 196 Å². The minimum Gasteiger partial charge on any atom is -0.494 e. The van der Waals surface area contributed by atoms with E-state index < -0.39 is 0 Å². The number of carbonyl (C=O) groups is 3. The van der Waals surface area contributed by atoms with Crippen LogP contribution in [0, 0.1) is 0 Å². The molecule has 1 aliphatic heterocycles. The molecule has 3 aromatic rings. The summed E-state index contributed by atoms with van der Waals surface area (Å²) in [6.45, 7) is 3.65. The van der Waals surface area contributed by atoms with Crippen molar-refractivity contribution in [3.63, 3.8) is 0 Å². The molecule has 9 heteroatoms. The Hall–Kier alpha value is -3.30. The average Bonchev–Trinajstić information content (AvgIpc) is 3.36. The van der Waals surface area contributed by atoms with Crippen LogP contribution in [0.25, 0.3) is 10.2 Å². The van der Waals surface area contributed by atoms with Crippen LogP contribution in [0.5, 0.6) is 5.75 Å². The van der Waals surface area contributed by atoms with Crippen LogP contribution in [-0.4, -0.2) is 61.4 Å². The highest BCUT2D eigenvalue weighted by atomic mass is 32.1. The number of benzene rings is 2. The third-order valence-corrected chi connectivity index (χ3v) is 6.37. The molecule has 1 aromatic heterocycles. The Morgan fingerprint density at radius 2 is 1.76 bits per heavy atom. The summed E-state index contributed by atoms with van der Waals surface area (Å²) in [6.07, 6.45) is 0.445. The van der Waals surface area contributed by atoms with Gasteiger partial charge in [-0.15, -0.1) is 0 Å². The molecule has 0 N–H and O–H groups in total. The summed E-state index contributed by atoms with van der Waals surface area (Å²) in [5.41, 5.74) is 1.76. The van der Waals surface area contributed by atoms with E-state index in [0.717, 1.165) is 16.0 Å². The van der Waals surface area contributed by atoms with Gasteiger partial charge in [-0.05, 0) is 63.5 Å². The van der Waals surface area contributed by atoms with Gasteiger partial charge in [0.1, 0.15) is 5.75 Å². The topological polar surface area (TPSA) is 83.1 Å². The van der Waals surface area contributed by atoms with Crippen LogP contribution in [0.1, 0.15) is 30.1 Å². The van der Waals surface area contributed by atoms with Crippen LogP contribution >= 0.6 is 11.3 Å². The van der Waals surface area contributed by atoms with E-state index >= 15 is 0 Å². The monoisotopic (exact) mass is 466 g/mol. The zero-order valence-corrected chi connectivity index (χ0v) is 19.7. The van der Waals surface area contributed by atoms with Crippen molar-refractivity contribution in [1.82, 2.24) is 9.88 Å². The molecule has 3 amide bonds. The predicted octanol–water partition coefficient (Wildman–Crippen LogP) is 3.56. The first kappa shape index (κ1) is 22.9. The molecule has 1 fully saturated rings. The lowest BCUT2D eigenvalue weighted by molar-refractivity contribution is -0.121. The van der Waals surface area contributed by atoms with E-state index in [9.17, 15) is 14.4 Å². The second-order valence-electron chi connectivity index (χ2n) is 7.99. The maximum atomic E-state index is 13.5. The fourth-order valence-corrected chi connectivity index (χ4v) is 4.64. The van der Waals surface area contributed by atoms with Crippen LogP contribution in [0.4, 0.5) is 10.8 Å². The number of nitrogens with zero attached hydrogens (tertiary/aromatic N) is 4. The average molecular weight is 467 g/mol. The van der Waals surface area contributed by atoms with Crippen molar-refractivity contribution in [3.8, 4) is 5.75 Å². The van der Waals surface area contributed by atoms with Crippen molar-refractivity contribution < 1.29 is 19.1 Å². The molecule has 172 valence electrons. The van der Waals surface area contributed by atoms with Crippen molar-refractivity contribution in [1.29, 1.82) is 0 Å². The van der Waals surface area contributed by atoms with Crippen LogP contribution in [0.3, 0.4) is 0 Å². The largest absolute Gasteiger partial charge is 0.494 e. The maximum absolute atomic E-state index is 13.5. The van der Waals surface area contributed by atoms with E-state index in [2.05, 4.69) is 0 Å². The second-order valence-corrected chi connectivity index (χ2v) is 9.00. The Kier molecular flexibility index (Phi) is 6.71. The number of likely N-dealkylation sites (N-methyl/N-ethyl adjacent to an activating group) is 1. The van der Waals surface area contributed by atoms with Crippen molar-refractivity contribution in [2.75, 3.05) is 43.6 Å². The van der Waals surface area contributed by atoms with Gasteiger partial charge in [-0.3, -0.25) is 24.2 Å². The van der Waals surface area contributed by atoms with E-state index in [0.29, 0.717) is 36.1 Å². The summed E-state index contributed by atoms with van der Waals surface area (Å²) in [5.74, 6) is 0.152. The summed E-state index contributed by atoms with van der Waals surface area (Å²) in [6, 6.07) is 12.3. The first-order valence-corrected chi connectivity index (χ1v) is 11.6. The number of hydrogen-bond acceptors (Lipinski definition) is 7. The van der Waals surface area contributed by atoms with Gasteiger partial charge in [0.05, 0.1) is 22.5 Å². The molecule has 0 saturated carbocycles. The molecule has 1 aliphatic rings. The van der Waals surface area contributed by atoms with Crippen LogP contribution in [0.2, 0.25) is 0 Å². The van der Waals surface area contributed by atoms with E-state index in [-0.39, 0.29) is 30.6 Å². The first-order valence-electron chi connectivity index (χ1n) is 10.8. The Morgan fingerprint density at radius 1 is 1.06 bits per heavy atom. The van der Waals surface area contributed by atoms with Crippen LogP contribution in [-0.2, 0) is 9.59 Å². The summed E-state index contributed by atoms with van der Waals surface area (Å²) in [4.78, 5) is 47.0. The van der Waals surface area contributed by atoms with E-state index in [4.69, 9.17) is 9.72 Å². The molecule has 2 aromatic carbocycles. The van der Waals surface area contributed by atoms with Crippen molar-refractivity contribution in [2.45, 2.75) is 19.8 Å². The normalized spacial score (nSPS) is 13.9. The molecule has 2 heterocycles. The van der Waals surface area contributed by atoms with Gasteiger partial charge in [0.2, 0.25) is 11.8 Å². The first-order chi connectivity index (χ1) is 15.9. The van der Waals surface area contributed by atoms with Gasteiger partial charge in [0.25, 0.3) is 5.91 Å². The lowest BCUT2D eigenvalue weighted by Gasteiger charge is -2.22. The molecule has 4 rings (SSSR count). The summed E-state index contributed by atoms with van der Waals surface area (Å²) in [5, 5.41) is 0.611. The second kappa shape index (κ2) is 9.68. The van der Waals surface area contributed by atoms with E-state index in [1.165, 1.54) is 16.2 Å². The number of rotatable bonds is 8. The molecular weight excluding hydrogens is 440 g/mol. The highest BCUT2D eigenvalue weighted by Crippen LogP contribution is 2.32. The standard InChI is InChI=1S/C24H26N4O4S/c1-4-32-18-9-10-19-20(15-18)33-24(25-19)27(14-13-26(2)3)23(31)16-5-7-17(8-6-16)28-21(29)11-12-22(28)30/h5-10,15H,4,11-14H2,1-3H3. The lowest BCUT2D eigenvalue weighted by atomic mass is 10.1. The quantitative estimate of drug-likeness (QED) is 0.472. The molecule has 0 radical (unpaired) electrons. The molecule has 33 heavy (non-hydrogen) atoms. The van der Waals surface area contributed by atoms with Gasteiger partial charge in [0.15, 0.2) is 5.13 Å². The third kappa shape index (κ3) is 4.89. The minimum atomic E-state index is -0.215. The fraction of sp³-hybridized carbons (Fsp3) is 0.333. The zero-order chi connectivity index (χ0) is 23.5. The minimum absolute atomic E-state index is 0.188. The maximum Gasteiger partial charge on any atom is 0.260 e. The fourth-order valence-electron chi connectivity index (χ4n) is 3.62. The van der Waals surface area contributed by atoms with E-state index in [1.54, 1.807) is 29.2 Å². The van der Waals surface area contributed by atoms with Gasteiger partial charge in [-0.25, -0.2) is 4.98 Å². The number of thiazole rings is 1. The summed E-state index contributed by atoms with van der Waals surface area (Å²) in [7, 11) is 3.91. The van der Waals surface area contributed by atoms with Crippen molar-refractivity contribution >= 4 is 50.1 Å². The summed E-state index contributed by atoms with van der Waals surface area (Å²) >= 11 is 1.44. The number of anilines is 2. The predicted molar refractivity (Wildman–Crippen MR) is 129 cm³/mol. The van der Waals surface area contributed by atoms with Crippen LogP contribution in [0.15, 0.2) is 42.5 Å². The smallest absolute Gasteiger partial charge is 0.260 e. The molecule has 0 unspecified atom stereocenters. The highest BCUT2D eigenvalue weighted by molar-refractivity contribution is 7.22. The van der Waals surface area contributed by atoms with Gasteiger partial charge in [-0.1, -0.05) is 11.3 Å². The van der Waals surface area contributed by atoms with E-state index in [1.807, 2.05) is 44.1 Å². The molecule has 1 saturated heterocycles. The molecular formula is C24H26N4O4S. The number of aromatic nitrogens is 1. The Bertz CT molecular complexity index is 1170. The van der Waals surface area contributed by atoms with Gasteiger partial charge >= 0.3 is 0 Å². The lowest BCUT2D eigenvalue weighted by Crippen LogP contribution is -2.36. The van der Waals surface area contributed by atoms with Crippen molar-refractivity contribution in [2.24, 2.45) is 0 Å². The van der Waals surface area contributed by atoms with Crippen molar-refractivity contribution in [3.05, 3.63) is 48.0 Å². The number of ether oxygens (including phenoxy) is 1. The molecule has 0 bridgehead atoms. The Morgan fingerprint density at radius 3 is 2.39 bits per heavy atom. The number of carbonyl (C=O) groups excluding carboxylic acids is 3. The summed E-state index contributed by atoms with van der Waals surface area (Å²) < 4.78 is 6.53. The Balaban J connectivity index is 1.62. The highest BCUT2D eigenvalue weighted by Gasteiger charge is 2.30. The van der Waals surface area contributed by atoms with Gasteiger partial charge in [-0.2, -0.15) is 0 Å². The van der Waals surface area contributed by atoms with Gasteiger partial charge in [0, 0.05) is 31.5 Å². The third-order valence-electron chi connectivity index (χ3n) is 5.33. The molecule has 0 aliphatic carbocycles. The number of hydrogen-bond donors (Lipinski definition) is 0. The molecule has 8 nitrogen and oxygen atoms in total.